The van der Waals surface area contributed by atoms with Crippen molar-refractivity contribution in [2.45, 2.75) is 40.2 Å². The Hall–Kier alpha value is -2.14. The molecule has 1 N–H and O–H groups in total. The SMILES string of the molecule is Cc1ccc2[nH]c3c(=O)n(CCCN4CC(C)CC(C)C4)cnc3c2c1. The zero-order chi connectivity index (χ0) is 18.3. The zero-order valence-corrected chi connectivity index (χ0v) is 16.0. The molecule has 138 valence electrons. The highest BCUT2D eigenvalue weighted by Gasteiger charge is 2.21. The predicted octanol–water partition coefficient (Wildman–Crippen LogP) is 3.55. The lowest BCUT2D eigenvalue weighted by Gasteiger charge is -2.34. The molecule has 0 amide bonds. The average molecular weight is 352 g/mol. The highest BCUT2D eigenvalue weighted by molar-refractivity contribution is 6.04. The molecule has 2 atom stereocenters. The molecule has 0 aliphatic carbocycles. The number of fused-ring (bicyclic) bond motifs is 3. The van der Waals surface area contributed by atoms with Crippen LogP contribution in [0.4, 0.5) is 0 Å². The number of likely N-dealkylation sites (tertiary alicyclic amines) is 1. The Bertz CT molecular complexity index is 977. The summed E-state index contributed by atoms with van der Waals surface area (Å²) >= 11 is 0. The number of nitrogens with one attached hydrogen (secondary N) is 1. The van der Waals surface area contributed by atoms with E-state index >= 15 is 0 Å². The highest BCUT2D eigenvalue weighted by atomic mass is 16.1. The molecule has 3 heterocycles. The van der Waals surface area contributed by atoms with Crippen LogP contribution in [0.15, 0.2) is 29.3 Å². The van der Waals surface area contributed by atoms with Crippen molar-refractivity contribution >= 4 is 21.9 Å². The summed E-state index contributed by atoms with van der Waals surface area (Å²) in [7, 11) is 0. The molecule has 5 nitrogen and oxygen atoms in total. The first-order valence-corrected chi connectivity index (χ1v) is 9.71. The van der Waals surface area contributed by atoms with Crippen molar-refractivity contribution in [1.82, 2.24) is 19.4 Å². The van der Waals surface area contributed by atoms with E-state index in [4.69, 9.17) is 0 Å². The Labute approximate surface area is 154 Å². The zero-order valence-electron chi connectivity index (χ0n) is 16.0. The van der Waals surface area contributed by atoms with Gasteiger partial charge in [0.05, 0.1) is 6.33 Å². The molecule has 2 unspecified atom stereocenters. The quantitative estimate of drug-likeness (QED) is 0.781. The molecule has 5 heteroatoms. The molecule has 0 saturated carbocycles. The second-order valence-electron chi connectivity index (χ2n) is 8.20. The van der Waals surface area contributed by atoms with E-state index in [0.717, 1.165) is 47.8 Å². The lowest BCUT2D eigenvalue weighted by atomic mass is 9.92. The summed E-state index contributed by atoms with van der Waals surface area (Å²) in [4.78, 5) is 23.2. The summed E-state index contributed by atoms with van der Waals surface area (Å²) in [6.45, 7) is 10.9. The molecule has 3 aromatic rings. The Morgan fingerprint density at radius 3 is 2.73 bits per heavy atom. The van der Waals surface area contributed by atoms with E-state index in [9.17, 15) is 4.79 Å². The van der Waals surface area contributed by atoms with Crippen LogP contribution in [0.25, 0.3) is 21.9 Å². The second kappa shape index (κ2) is 6.88. The third-order valence-corrected chi connectivity index (χ3v) is 5.55. The van der Waals surface area contributed by atoms with E-state index < -0.39 is 0 Å². The Morgan fingerprint density at radius 1 is 1.19 bits per heavy atom. The number of benzene rings is 1. The van der Waals surface area contributed by atoms with E-state index in [1.807, 2.05) is 6.07 Å². The molecule has 0 bridgehead atoms. The van der Waals surface area contributed by atoms with Gasteiger partial charge in [0.15, 0.2) is 0 Å². The lowest BCUT2D eigenvalue weighted by molar-refractivity contribution is 0.138. The van der Waals surface area contributed by atoms with Gasteiger partial charge in [0, 0.05) is 30.5 Å². The molecular formula is C21H28N4O. The largest absolute Gasteiger partial charge is 0.349 e. The van der Waals surface area contributed by atoms with E-state index in [-0.39, 0.29) is 5.56 Å². The van der Waals surface area contributed by atoms with Crippen LogP contribution in [0.1, 0.15) is 32.3 Å². The first-order valence-electron chi connectivity index (χ1n) is 9.71. The Morgan fingerprint density at radius 2 is 1.96 bits per heavy atom. The van der Waals surface area contributed by atoms with Gasteiger partial charge in [-0.2, -0.15) is 0 Å². The van der Waals surface area contributed by atoms with Gasteiger partial charge in [-0.3, -0.25) is 9.36 Å². The maximum absolute atomic E-state index is 12.8. The van der Waals surface area contributed by atoms with Crippen LogP contribution in [0.2, 0.25) is 0 Å². The fourth-order valence-electron chi connectivity index (χ4n) is 4.50. The smallest absolute Gasteiger partial charge is 0.277 e. The number of nitrogens with zero attached hydrogens (tertiary/aromatic N) is 3. The highest BCUT2D eigenvalue weighted by Crippen LogP contribution is 2.23. The topological polar surface area (TPSA) is 53.9 Å². The normalized spacial score (nSPS) is 21.7. The standard InChI is InChI=1S/C21H28N4O/c1-14-5-6-18-17(10-14)19-20(23-18)21(26)25(13-22-19)8-4-7-24-11-15(2)9-16(3)12-24/h5-6,10,13,15-16,23H,4,7-9,11-12H2,1-3H3. The summed E-state index contributed by atoms with van der Waals surface area (Å²) in [5.74, 6) is 1.54. The second-order valence-corrected chi connectivity index (χ2v) is 8.20. The predicted molar refractivity (Wildman–Crippen MR) is 107 cm³/mol. The minimum atomic E-state index is 0.0317. The molecule has 0 radical (unpaired) electrons. The van der Waals surface area contributed by atoms with Gasteiger partial charge < -0.3 is 9.88 Å². The minimum Gasteiger partial charge on any atom is -0.349 e. The number of hydrogen-bond donors (Lipinski definition) is 1. The van der Waals surface area contributed by atoms with E-state index in [1.54, 1.807) is 10.9 Å². The number of aryl methyl sites for hydroxylation is 2. The summed E-state index contributed by atoms with van der Waals surface area (Å²) in [6.07, 6.45) is 4.02. The number of rotatable bonds is 4. The lowest BCUT2D eigenvalue weighted by Crippen LogP contribution is -2.39. The molecular weight excluding hydrogens is 324 g/mol. The molecule has 1 aromatic carbocycles. The molecule has 1 aliphatic rings. The molecule has 1 fully saturated rings. The first-order chi connectivity index (χ1) is 12.5. The van der Waals surface area contributed by atoms with E-state index in [1.165, 1.54) is 25.1 Å². The van der Waals surface area contributed by atoms with Crippen LogP contribution in [0, 0.1) is 18.8 Å². The average Bonchev–Trinajstić information content (AvgIpc) is 2.95. The van der Waals surface area contributed by atoms with Crippen LogP contribution in [0.5, 0.6) is 0 Å². The van der Waals surface area contributed by atoms with Crippen molar-refractivity contribution in [3.8, 4) is 0 Å². The van der Waals surface area contributed by atoms with Crippen molar-refractivity contribution in [3.63, 3.8) is 0 Å². The van der Waals surface area contributed by atoms with Crippen LogP contribution in [-0.4, -0.2) is 39.1 Å². The van der Waals surface area contributed by atoms with Gasteiger partial charge in [-0.1, -0.05) is 25.5 Å². The van der Waals surface area contributed by atoms with E-state index in [2.05, 4.69) is 47.8 Å². The molecule has 2 aromatic heterocycles. The van der Waals surface area contributed by atoms with Gasteiger partial charge in [0.25, 0.3) is 5.56 Å². The van der Waals surface area contributed by atoms with Gasteiger partial charge in [-0.25, -0.2) is 4.98 Å². The van der Waals surface area contributed by atoms with Crippen molar-refractivity contribution in [2.24, 2.45) is 11.8 Å². The number of H-pyrrole nitrogens is 1. The van der Waals surface area contributed by atoms with Crippen molar-refractivity contribution in [1.29, 1.82) is 0 Å². The number of hydrogen-bond acceptors (Lipinski definition) is 3. The van der Waals surface area contributed by atoms with Crippen LogP contribution in [0.3, 0.4) is 0 Å². The molecule has 1 aliphatic heterocycles. The molecule has 1 saturated heterocycles. The Balaban J connectivity index is 1.51. The Kier molecular flexibility index (Phi) is 4.57. The van der Waals surface area contributed by atoms with Crippen LogP contribution < -0.4 is 5.56 Å². The molecule has 4 rings (SSSR count). The third kappa shape index (κ3) is 3.28. The molecule has 26 heavy (non-hydrogen) atoms. The fourth-order valence-corrected chi connectivity index (χ4v) is 4.50. The van der Waals surface area contributed by atoms with Crippen molar-refractivity contribution < 1.29 is 0 Å². The fraction of sp³-hybridized carbons (Fsp3) is 0.524. The van der Waals surface area contributed by atoms with Gasteiger partial charge in [0.1, 0.15) is 11.0 Å². The van der Waals surface area contributed by atoms with Gasteiger partial charge in [-0.15, -0.1) is 0 Å². The summed E-state index contributed by atoms with van der Waals surface area (Å²) in [5.41, 5.74) is 3.58. The van der Waals surface area contributed by atoms with Crippen LogP contribution in [-0.2, 0) is 6.54 Å². The van der Waals surface area contributed by atoms with Gasteiger partial charge in [0.2, 0.25) is 0 Å². The van der Waals surface area contributed by atoms with Crippen LogP contribution >= 0.6 is 0 Å². The minimum absolute atomic E-state index is 0.0317. The summed E-state index contributed by atoms with van der Waals surface area (Å²) in [6, 6.07) is 6.16. The number of aromatic nitrogens is 3. The number of piperidine rings is 1. The monoisotopic (exact) mass is 352 g/mol. The van der Waals surface area contributed by atoms with Crippen molar-refractivity contribution in [2.75, 3.05) is 19.6 Å². The van der Waals surface area contributed by atoms with Crippen molar-refractivity contribution in [3.05, 3.63) is 40.4 Å². The summed E-state index contributed by atoms with van der Waals surface area (Å²) < 4.78 is 1.75. The third-order valence-electron chi connectivity index (χ3n) is 5.55. The number of aromatic amines is 1. The van der Waals surface area contributed by atoms with E-state index in [0.29, 0.717) is 5.52 Å². The first kappa shape index (κ1) is 17.3. The maximum atomic E-state index is 12.8. The van der Waals surface area contributed by atoms with Gasteiger partial charge in [-0.05, 0) is 50.3 Å². The summed E-state index contributed by atoms with van der Waals surface area (Å²) in [5, 5.41) is 1.03. The van der Waals surface area contributed by atoms with Gasteiger partial charge >= 0.3 is 0 Å². The maximum Gasteiger partial charge on any atom is 0.277 e. The molecule has 0 spiro atoms.